The number of para-hydroxylation sites is 1. The summed E-state index contributed by atoms with van der Waals surface area (Å²) in [6, 6.07) is 13.3. The van der Waals surface area contributed by atoms with E-state index in [-0.39, 0.29) is 12.4 Å². The molecule has 0 bridgehead atoms. The smallest absolute Gasteiger partial charge is 0.340 e. The van der Waals surface area contributed by atoms with Crippen LogP contribution in [-0.2, 0) is 11.8 Å². The van der Waals surface area contributed by atoms with Crippen molar-refractivity contribution >= 4 is 22.7 Å². The number of aromatic nitrogens is 1. The first-order chi connectivity index (χ1) is 11.5. The third-order valence-corrected chi connectivity index (χ3v) is 4.14. The fraction of sp³-hybridized carbons (Fsp3) is 0.200. The number of carbonyl (C=O) groups excluding carboxylic acids is 2. The molecule has 1 heterocycles. The van der Waals surface area contributed by atoms with Crippen LogP contribution in [0.4, 0.5) is 0 Å². The Hall–Kier alpha value is -2.88. The first-order valence-corrected chi connectivity index (χ1v) is 7.79. The zero-order valence-electron chi connectivity index (χ0n) is 14.0. The summed E-state index contributed by atoms with van der Waals surface area (Å²) < 4.78 is 7.13. The number of ether oxygens (including phenoxy) is 1. The van der Waals surface area contributed by atoms with E-state index in [0.717, 1.165) is 22.0 Å². The van der Waals surface area contributed by atoms with Crippen LogP contribution in [0.2, 0.25) is 0 Å². The largest absolute Gasteiger partial charge is 0.454 e. The molecular weight excluding hydrogens is 302 g/mol. The SMILES string of the molecule is Cc1ccc(C)c(C(=O)COC(=O)c2cn(C)c3ccccc23)c1. The Balaban J connectivity index is 1.78. The molecule has 0 aliphatic rings. The van der Waals surface area contributed by atoms with Crippen LogP contribution in [-0.4, -0.2) is 22.9 Å². The summed E-state index contributed by atoms with van der Waals surface area (Å²) in [5, 5.41) is 0.823. The van der Waals surface area contributed by atoms with Crippen LogP contribution in [0.1, 0.15) is 31.8 Å². The van der Waals surface area contributed by atoms with E-state index in [1.54, 1.807) is 6.20 Å². The molecule has 4 nitrogen and oxygen atoms in total. The van der Waals surface area contributed by atoms with Crippen molar-refractivity contribution in [3.05, 3.63) is 70.9 Å². The summed E-state index contributed by atoms with van der Waals surface area (Å²) in [7, 11) is 1.88. The molecule has 1 aromatic heterocycles. The first-order valence-electron chi connectivity index (χ1n) is 7.79. The molecule has 3 rings (SSSR count). The normalized spacial score (nSPS) is 10.8. The summed E-state index contributed by atoms with van der Waals surface area (Å²) in [6.45, 7) is 3.55. The van der Waals surface area contributed by atoms with E-state index in [1.807, 2.05) is 67.9 Å². The number of Topliss-reactive ketones (excluding diaryl/α,β-unsaturated/α-hetero) is 1. The van der Waals surface area contributed by atoms with Crippen molar-refractivity contribution in [2.24, 2.45) is 7.05 Å². The van der Waals surface area contributed by atoms with Crippen molar-refractivity contribution < 1.29 is 14.3 Å². The number of esters is 1. The maximum atomic E-state index is 12.4. The van der Waals surface area contributed by atoms with Crippen LogP contribution in [0.5, 0.6) is 0 Å². The molecule has 0 saturated heterocycles. The van der Waals surface area contributed by atoms with Gasteiger partial charge in [-0.05, 0) is 31.5 Å². The van der Waals surface area contributed by atoms with Crippen LogP contribution in [0.25, 0.3) is 10.9 Å². The van der Waals surface area contributed by atoms with Crippen LogP contribution in [0, 0.1) is 13.8 Å². The van der Waals surface area contributed by atoms with Crippen molar-refractivity contribution in [3.63, 3.8) is 0 Å². The van der Waals surface area contributed by atoms with Crippen molar-refractivity contribution in [2.75, 3.05) is 6.61 Å². The monoisotopic (exact) mass is 321 g/mol. The van der Waals surface area contributed by atoms with Crippen molar-refractivity contribution in [1.82, 2.24) is 4.57 Å². The Morgan fingerprint density at radius 3 is 2.58 bits per heavy atom. The number of carbonyl (C=O) groups is 2. The fourth-order valence-corrected chi connectivity index (χ4v) is 2.83. The van der Waals surface area contributed by atoms with Gasteiger partial charge in [-0.15, -0.1) is 0 Å². The van der Waals surface area contributed by atoms with Gasteiger partial charge in [0.1, 0.15) is 0 Å². The van der Waals surface area contributed by atoms with Gasteiger partial charge in [-0.2, -0.15) is 0 Å². The first kappa shape index (κ1) is 16.0. The lowest BCUT2D eigenvalue weighted by atomic mass is 10.0. The van der Waals surface area contributed by atoms with Gasteiger partial charge in [-0.1, -0.05) is 35.9 Å². The zero-order chi connectivity index (χ0) is 17.3. The highest BCUT2D eigenvalue weighted by Crippen LogP contribution is 2.21. The predicted octanol–water partition coefficient (Wildman–Crippen LogP) is 3.83. The highest BCUT2D eigenvalue weighted by Gasteiger charge is 2.17. The van der Waals surface area contributed by atoms with Gasteiger partial charge in [0.15, 0.2) is 6.61 Å². The number of fused-ring (bicyclic) bond motifs is 1. The molecule has 0 saturated carbocycles. The Kier molecular flexibility index (Phi) is 4.21. The second kappa shape index (κ2) is 6.32. The minimum Gasteiger partial charge on any atom is -0.454 e. The van der Waals surface area contributed by atoms with Crippen LogP contribution < -0.4 is 0 Å². The summed E-state index contributed by atoms with van der Waals surface area (Å²) in [6.07, 6.45) is 1.73. The van der Waals surface area contributed by atoms with E-state index in [2.05, 4.69) is 0 Å². The highest BCUT2D eigenvalue weighted by atomic mass is 16.5. The van der Waals surface area contributed by atoms with Crippen molar-refractivity contribution in [1.29, 1.82) is 0 Å². The predicted molar refractivity (Wildman–Crippen MR) is 93.4 cm³/mol. The molecule has 3 aromatic rings. The molecule has 4 heteroatoms. The zero-order valence-corrected chi connectivity index (χ0v) is 14.0. The second-order valence-electron chi connectivity index (χ2n) is 5.99. The van der Waals surface area contributed by atoms with E-state index in [4.69, 9.17) is 4.74 Å². The number of benzene rings is 2. The molecule has 0 spiro atoms. The van der Waals surface area contributed by atoms with E-state index in [9.17, 15) is 9.59 Å². The molecule has 0 fully saturated rings. The van der Waals surface area contributed by atoms with Crippen LogP contribution in [0.15, 0.2) is 48.7 Å². The number of hydrogen-bond donors (Lipinski definition) is 0. The van der Waals surface area contributed by atoms with Gasteiger partial charge < -0.3 is 9.30 Å². The molecule has 0 aliphatic carbocycles. The standard InChI is InChI=1S/C20H19NO3/c1-13-8-9-14(2)16(10-13)19(22)12-24-20(23)17-11-21(3)18-7-5-4-6-15(17)18/h4-11H,12H2,1-3H3. The van der Waals surface area contributed by atoms with Gasteiger partial charge in [0.2, 0.25) is 5.78 Å². The lowest BCUT2D eigenvalue weighted by Gasteiger charge is -2.07. The lowest BCUT2D eigenvalue weighted by Crippen LogP contribution is -2.15. The number of rotatable bonds is 4. The van der Waals surface area contributed by atoms with Crippen LogP contribution in [0.3, 0.4) is 0 Å². The molecule has 0 amide bonds. The quantitative estimate of drug-likeness (QED) is 0.542. The molecule has 0 N–H and O–H groups in total. The maximum Gasteiger partial charge on any atom is 0.340 e. The molecule has 0 atom stereocenters. The number of aryl methyl sites for hydroxylation is 3. The number of nitrogens with zero attached hydrogens (tertiary/aromatic N) is 1. The number of hydrogen-bond acceptors (Lipinski definition) is 3. The van der Waals surface area contributed by atoms with E-state index < -0.39 is 5.97 Å². The summed E-state index contributed by atoms with van der Waals surface area (Å²) in [4.78, 5) is 24.7. The summed E-state index contributed by atoms with van der Waals surface area (Å²) in [5.41, 5.74) is 3.91. The van der Waals surface area contributed by atoms with E-state index >= 15 is 0 Å². The molecule has 2 aromatic carbocycles. The minimum absolute atomic E-state index is 0.190. The number of ketones is 1. The third kappa shape index (κ3) is 2.95. The molecule has 0 radical (unpaired) electrons. The molecule has 24 heavy (non-hydrogen) atoms. The van der Waals surface area contributed by atoms with Gasteiger partial charge in [-0.3, -0.25) is 4.79 Å². The average molecular weight is 321 g/mol. The highest BCUT2D eigenvalue weighted by molar-refractivity contribution is 6.06. The van der Waals surface area contributed by atoms with Crippen molar-refractivity contribution in [3.8, 4) is 0 Å². The lowest BCUT2D eigenvalue weighted by molar-refractivity contribution is 0.0476. The molecular formula is C20H19NO3. The minimum atomic E-state index is -0.481. The topological polar surface area (TPSA) is 48.3 Å². The summed E-state index contributed by atoms with van der Waals surface area (Å²) >= 11 is 0. The summed E-state index contributed by atoms with van der Waals surface area (Å²) in [5.74, 6) is -0.671. The molecule has 0 aliphatic heterocycles. The molecule has 0 unspecified atom stereocenters. The average Bonchev–Trinajstić information content (AvgIpc) is 2.92. The Bertz CT molecular complexity index is 937. The van der Waals surface area contributed by atoms with E-state index in [0.29, 0.717) is 11.1 Å². The van der Waals surface area contributed by atoms with Crippen LogP contribution >= 0.6 is 0 Å². The second-order valence-corrected chi connectivity index (χ2v) is 5.99. The van der Waals surface area contributed by atoms with E-state index in [1.165, 1.54) is 0 Å². The van der Waals surface area contributed by atoms with Gasteiger partial charge in [0.05, 0.1) is 5.56 Å². The van der Waals surface area contributed by atoms with Gasteiger partial charge in [0.25, 0.3) is 0 Å². The Morgan fingerprint density at radius 1 is 1.04 bits per heavy atom. The van der Waals surface area contributed by atoms with Gasteiger partial charge in [-0.25, -0.2) is 4.79 Å². The fourth-order valence-electron chi connectivity index (χ4n) is 2.83. The Morgan fingerprint density at radius 2 is 1.79 bits per heavy atom. The van der Waals surface area contributed by atoms with Gasteiger partial charge in [0, 0.05) is 29.7 Å². The molecule has 122 valence electrons. The van der Waals surface area contributed by atoms with Crippen molar-refractivity contribution in [2.45, 2.75) is 13.8 Å². The Labute approximate surface area is 140 Å². The van der Waals surface area contributed by atoms with Gasteiger partial charge >= 0.3 is 5.97 Å². The maximum absolute atomic E-state index is 12.4. The third-order valence-electron chi connectivity index (χ3n) is 4.14.